The summed E-state index contributed by atoms with van der Waals surface area (Å²) >= 11 is 0. The highest BCUT2D eigenvalue weighted by Crippen LogP contribution is 2.40. The molecule has 2 atom stereocenters. The molecule has 3 nitrogen and oxygen atoms in total. The summed E-state index contributed by atoms with van der Waals surface area (Å²) < 4.78 is 0. The van der Waals surface area contributed by atoms with Gasteiger partial charge in [-0.1, -0.05) is 6.07 Å². The van der Waals surface area contributed by atoms with Crippen molar-refractivity contribution < 1.29 is 0 Å². The van der Waals surface area contributed by atoms with E-state index in [1.54, 1.807) is 0 Å². The van der Waals surface area contributed by atoms with E-state index in [1.807, 2.05) is 12.4 Å². The fourth-order valence-corrected chi connectivity index (χ4v) is 3.52. The predicted molar refractivity (Wildman–Crippen MR) is 75.7 cm³/mol. The summed E-state index contributed by atoms with van der Waals surface area (Å²) in [6.45, 7) is 3.52. The van der Waals surface area contributed by atoms with Crippen LogP contribution in [0.1, 0.15) is 31.2 Å². The van der Waals surface area contributed by atoms with Crippen molar-refractivity contribution in [3.8, 4) is 0 Å². The number of piperazine rings is 1. The third-order valence-electron chi connectivity index (χ3n) is 4.96. The summed E-state index contributed by atoms with van der Waals surface area (Å²) in [5.74, 6) is 1.90. The fraction of sp³-hybridized carbons (Fsp3) is 0.688. The lowest BCUT2D eigenvalue weighted by molar-refractivity contribution is 0.100. The van der Waals surface area contributed by atoms with Crippen molar-refractivity contribution in [3.63, 3.8) is 0 Å². The second-order valence-corrected chi connectivity index (χ2v) is 6.55. The number of aromatic nitrogens is 1. The van der Waals surface area contributed by atoms with Crippen molar-refractivity contribution in [1.29, 1.82) is 0 Å². The quantitative estimate of drug-likeness (QED) is 0.894. The molecule has 3 fully saturated rings. The van der Waals surface area contributed by atoms with Crippen molar-refractivity contribution in [1.82, 2.24) is 15.2 Å². The maximum absolute atomic E-state index is 4.26. The molecule has 1 aromatic rings. The molecule has 1 aromatic heterocycles. The Balaban J connectivity index is 1.47. The van der Waals surface area contributed by atoms with Gasteiger partial charge in [-0.2, -0.15) is 0 Å². The Labute approximate surface area is 115 Å². The standard InChI is InChI=1S/C16H23N3/c1-2-12(8-17-7-1)10-19-11-15(13-3-4-13)18-9-16(19)14-5-6-14/h1-2,7-8,13-16,18H,3-6,9-11H2. The molecule has 19 heavy (non-hydrogen) atoms. The van der Waals surface area contributed by atoms with E-state index in [1.165, 1.54) is 44.3 Å². The first-order valence-electron chi connectivity index (χ1n) is 7.76. The van der Waals surface area contributed by atoms with Crippen LogP contribution in [-0.2, 0) is 6.54 Å². The highest BCUT2D eigenvalue weighted by atomic mass is 15.2. The van der Waals surface area contributed by atoms with Crippen LogP contribution < -0.4 is 5.32 Å². The van der Waals surface area contributed by atoms with Crippen LogP contribution >= 0.6 is 0 Å². The van der Waals surface area contributed by atoms with Crippen molar-refractivity contribution in [2.45, 2.75) is 44.3 Å². The number of rotatable bonds is 4. The van der Waals surface area contributed by atoms with Gasteiger partial charge >= 0.3 is 0 Å². The largest absolute Gasteiger partial charge is 0.311 e. The Morgan fingerprint density at radius 2 is 2.05 bits per heavy atom. The van der Waals surface area contributed by atoms with Crippen molar-refractivity contribution in [2.24, 2.45) is 11.8 Å². The van der Waals surface area contributed by atoms with Crippen LogP contribution in [0.5, 0.6) is 0 Å². The van der Waals surface area contributed by atoms with Crippen molar-refractivity contribution >= 4 is 0 Å². The zero-order valence-corrected chi connectivity index (χ0v) is 11.5. The Bertz CT molecular complexity index is 425. The number of hydrogen-bond donors (Lipinski definition) is 1. The molecule has 3 aliphatic rings. The van der Waals surface area contributed by atoms with Gasteiger partial charge in [-0.05, 0) is 49.1 Å². The molecule has 3 heteroatoms. The predicted octanol–water partition coefficient (Wildman–Crippen LogP) is 2.04. The van der Waals surface area contributed by atoms with Gasteiger partial charge < -0.3 is 5.32 Å². The maximum atomic E-state index is 4.26. The minimum Gasteiger partial charge on any atom is -0.311 e. The first-order valence-corrected chi connectivity index (χ1v) is 7.76. The van der Waals surface area contributed by atoms with Crippen LogP contribution in [0.2, 0.25) is 0 Å². The zero-order valence-electron chi connectivity index (χ0n) is 11.5. The molecule has 1 aliphatic heterocycles. The molecule has 2 heterocycles. The molecule has 0 aromatic carbocycles. The molecule has 0 amide bonds. The molecule has 0 radical (unpaired) electrons. The van der Waals surface area contributed by atoms with E-state index in [2.05, 4.69) is 27.3 Å². The minimum absolute atomic E-state index is 0.742. The van der Waals surface area contributed by atoms with Gasteiger partial charge in [0, 0.05) is 44.1 Å². The molecule has 2 saturated carbocycles. The second-order valence-electron chi connectivity index (χ2n) is 6.55. The van der Waals surface area contributed by atoms with Crippen molar-refractivity contribution in [3.05, 3.63) is 30.1 Å². The second kappa shape index (κ2) is 4.88. The maximum Gasteiger partial charge on any atom is 0.0312 e. The normalized spacial score (nSPS) is 32.4. The number of hydrogen-bond acceptors (Lipinski definition) is 3. The Hall–Kier alpha value is -0.930. The summed E-state index contributed by atoms with van der Waals surface area (Å²) in [6, 6.07) is 5.77. The molecule has 0 bridgehead atoms. The van der Waals surface area contributed by atoms with Gasteiger partial charge in [0.05, 0.1) is 0 Å². The van der Waals surface area contributed by atoms with E-state index in [0.717, 1.165) is 30.5 Å². The Morgan fingerprint density at radius 1 is 1.21 bits per heavy atom. The van der Waals surface area contributed by atoms with Crippen molar-refractivity contribution in [2.75, 3.05) is 13.1 Å². The van der Waals surface area contributed by atoms with Gasteiger partial charge in [-0.25, -0.2) is 0 Å². The van der Waals surface area contributed by atoms with Gasteiger partial charge in [0.25, 0.3) is 0 Å². The average molecular weight is 257 g/mol. The Morgan fingerprint density at radius 3 is 2.74 bits per heavy atom. The van der Waals surface area contributed by atoms with Crippen LogP contribution in [-0.4, -0.2) is 35.1 Å². The van der Waals surface area contributed by atoms with Gasteiger partial charge in [0.2, 0.25) is 0 Å². The van der Waals surface area contributed by atoms with E-state index in [9.17, 15) is 0 Å². The lowest BCUT2D eigenvalue weighted by Gasteiger charge is -2.41. The monoisotopic (exact) mass is 257 g/mol. The SMILES string of the molecule is c1cncc(CN2CC(C3CC3)NCC2C2CC2)c1. The number of nitrogens with one attached hydrogen (secondary N) is 1. The van der Waals surface area contributed by atoms with E-state index in [0.29, 0.717) is 0 Å². The van der Waals surface area contributed by atoms with Crippen LogP contribution in [0.25, 0.3) is 0 Å². The van der Waals surface area contributed by atoms with Crippen LogP contribution in [0.3, 0.4) is 0 Å². The Kier molecular flexibility index (Phi) is 3.04. The molecule has 2 aliphatic carbocycles. The highest BCUT2D eigenvalue weighted by Gasteiger charge is 2.42. The molecule has 0 spiro atoms. The van der Waals surface area contributed by atoms with Crippen LogP contribution in [0.15, 0.2) is 24.5 Å². The molecule has 1 saturated heterocycles. The summed E-state index contributed by atoms with van der Waals surface area (Å²) in [5.41, 5.74) is 1.37. The molecule has 2 unspecified atom stereocenters. The van der Waals surface area contributed by atoms with E-state index in [4.69, 9.17) is 0 Å². The van der Waals surface area contributed by atoms with Gasteiger partial charge in [0.15, 0.2) is 0 Å². The topological polar surface area (TPSA) is 28.2 Å². The van der Waals surface area contributed by atoms with E-state index < -0.39 is 0 Å². The van der Waals surface area contributed by atoms with E-state index >= 15 is 0 Å². The first-order chi connectivity index (χ1) is 9.40. The molecular formula is C16H23N3. The van der Waals surface area contributed by atoms with E-state index in [-0.39, 0.29) is 0 Å². The summed E-state index contributed by atoms with van der Waals surface area (Å²) in [6.07, 6.45) is 9.64. The van der Waals surface area contributed by atoms with Gasteiger partial charge in [0.1, 0.15) is 0 Å². The zero-order chi connectivity index (χ0) is 12.7. The highest BCUT2D eigenvalue weighted by molar-refractivity contribution is 5.10. The number of nitrogens with zero attached hydrogens (tertiary/aromatic N) is 2. The first kappa shape index (κ1) is 11.9. The smallest absolute Gasteiger partial charge is 0.0312 e. The summed E-state index contributed by atoms with van der Waals surface area (Å²) in [5, 5.41) is 3.81. The lowest BCUT2D eigenvalue weighted by Crippen LogP contribution is -2.57. The fourth-order valence-electron chi connectivity index (χ4n) is 3.52. The summed E-state index contributed by atoms with van der Waals surface area (Å²) in [4.78, 5) is 6.99. The molecule has 1 N–H and O–H groups in total. The molecular weight excluding hydrogens is 234 g/mol. The minimum atomic E-state index is 0.742. The van der Waals surface area contributed by atoms with Crippen LogP contribution in [0, 0.1) is 11.8 Å². The van der Waals surface area contributed by atoms with Gasteiger partial charge in [-0.15, -0.1) is 0 Å². The lowest BCUT2D eigenvalue weighted by atomic mass is 10.0. The molecule has 102 valence electrons. The number of pyridine rings is 1. The van der Waals surface area contributed by atoms with Crippen LogP contribution in [0.4, 0.5) is 0 Å². The average Bonchev–Trinajstić information content (AvgIpc) is 3.30. The third kappa shape index (κ3) is 2.67. The summed E-state index contributed by atoms with van der Waals surface area (Å²) in [7, 11) is 0. The molecule has 4 rings (SSSR count). The van der Waals surface area contributed by atoms with Gasteiger partial charge in [-0.3, -0.25) is 9.88 Å². The third-order valence-corrected chi connectivity index (χ3v) is 4.96.